The highest BCUT2D eigenvalue weighted by molar-refractivity contribution is 7.91. The van der Waals surface area contributed by atoms with Gasteiger partial charge < -0.3 is 9.64 Å². The molecule has 0 spiro atoms. The van der Waals surface area contributed by atoms with E-state index in [0.29, 0.717) is 19.6 Å². The van der Waals surface area contributed by atoms with Crippen molar-refractivity contribution in [2.75, 3.05) is 18.1 Å². The van der Waals surface area contributed by atoms with Gasteiger partial charge in [-0.1, -0.05) is 72.8 Å². The van der Waals surface area contributed by atoms with Crippen molar-refractivity contribution < 1.29 is 17.9 Å². The number of benzene rings is 3. The molecular formula is C27H29NO4S. The average molecular weight is 464 g/mol. The Labute approximate surface area is 195 Å². The maximum Gasteiger partial charge on any atom is 0.235 e. The second-order valence-electron chi connectivity index (χ2n) is 8.35. The van der Waals surface area contributed by atoms with Gasteiger partial charge in [0.1, 0.15) is 5.75 Å². The molecular weight excluding hydrogens is 434 g/mol. The number of hydrogen-bond donors (Lipinski definition) is 0. The Kier molecular flexibility index (Phi) is 7.14. The highest BCUT2D eigenvalue weighted by atomic mass is 32.2. The summed E-state index contributed by atoms with van der Waals surface area (Å²) in [5.41, 5.74) is 2.73. The first-order valence-corrected chi connectivity index (χ1v) is 13.1. The second-order valence-corrected chi connectivity index (χ2v) is 10.6. The molecule has 33 heavy (non-hydrogen) atoms. The van der Waals surface area contributed by atoms with Gasteiger partial charge in [-0.15, -0.1) is 0 Å². The third kappa shape index (κ3) is 5.63. The minimum Gasteiger partial charge on any atom is -0.494 e. The lowest BCUT2D eigenvalue weighted by Gasteiger charge is -2.32. The Morgan fingerprint density at radius 1 is 0.939 bits per heavy atom. The van der Waals surface area contributed by atoms with E-state index in [2.05, 4.69) is 0 Å². The van der Waals surface area contributed by atoms with Crippen LogP contribution in [0, 0.1) is 0 Å². The Hall–Kier alpha value is -3.12. The number of rotatable bonds is 8. The summed E-state index contributed by atoms with van der Waals surface area (Å²) in [6.45, 7) is 2.86. The Bertz CT molecular complexity index is 1120. The van der Waals surface area contributed by atoms with Gasteiger partial charge >= 0.3 is 0 Å². The van der Waals surface area contributed by atoms with Gasteiger partial charge in [0.25, 0.3) is 0 Å². The molecule has 1 saturated heterocycles. The minimum absolute atomic E-state index is 0.00602. The van der Waals surface area contributed by atoms with E-state index in [4.69, 9.17) is 4.74 Å². The van der Waals surface area contributed by atoms with E-state index in [1.807, 2.05) is 91.9 Å². The zero-order valence-electron chi connectivity index (χ0n) is 18.8. The maximum atomic E-state index is 14.1. The molecule has 0 aromatic heterocycles. The Balaban J connectivity index is 1.70. The van der Waals surface area contributed by atoms with Crippen LogP contribution in [-0.2, 0) is 21.2 Å². The van der Waals surface area contributed by atoms with Crippen LogP contribution in [0.2, 0.25) is 0 Å². The number of ether oxygens (including phenoxy) is 1. The van der Waals surface area contributed by atoms with Crippen molar-refractivity contribution in [3.8, 4) is 5.75 Å². The zero-order valence-corrected chi connectivity index (χ0v) is 19.6. The van der Waals surface area contributed by atoms with Crippen molar-refractivity contribution in [1.82, 2.24) is 4.90 Å². The zero-order chi connectivity index (χ0) is 23.3. The molecule has 5 nitrogen and oxygen atoms in total. The third-order valence-corrected chi connectivity index (χ3v) is 7.78. The average Bonchev–Trinajstić information content (AvgIpc) is 3.19. The van der Waals surface area contributed by atoms with E-state index in [0.717, 1.165) is 22.4 Å². The summed E-state index contributed by atoms with van der Waals surface area (Å²) in [7, 11) is -3.15. The van der Waals surface area contributed by atoms with Crippen LogP contribution in [0.1, 0.15) is 36.0 Å². The lowest BCUT2D eigenvalue weighted by atomic mass is 9.89. The Morgan fingerprint density at radius 2 is 1.52 bits per heavy atom. The van der Waals surface area contributed by atoms with Crippen LogP contribution in [0.5, 0.6) is 5.75 Å². The topological polar surface area (TPSA) is 63.7 Å². The molecule has 1 heterocycles. The number of sulfone groups is 1. The fraction of sp³-hybridized carbons (Fsp3) is 0.296. The number of carbonyl (C=O) groups is 1. The monoisotopic (exact) mass is 463 g/mol. The lowest BCUT2D eigenvalue weighted by Crippen LogP contribution is -2.43. The first-order chi connectivity index (χ1) is 16.0. The van der Waals surface area contributed by atoms with Crippen LogP contribution in [0.4, 0.5) is 0 Å². The van der Waals surface area contributed by atoms with Gasteiger partial charge in [0, 0.05) is 12.6 Å². The second kappa shape index (κ2) is 10.2. The molecule has 6 heteroatoms. The molecule has 0 saturated carbocycles. The van der Waals surface area contributed by atoms with Crippen molar-refractivity contribution in [3.05, 3.63) is 102 Å². The van der Waals surface area contributed by atoms with Crippen LogP contribution in [0.15, 0.2) is 84.9 Å². The summed E-state index contributed by atoms with van der Waals surface area (Å²) in [5.74, 6) is 0.314. The Morgan fingerprint density at radius 3 is 2.00 bits per heavy atom. The van der Waals surface area contributed by atoms with Gasteiger partial charge in [0.2, 0.25) is 5.91 Å². The summed E-state index contributed by atoms with van der Waals surface area (Å²) in [4.78, 5) is 15.9. The molecule has 3 aromatic carbocycles. The summed E-state index contributed by atoms with van der Waals surface area (Å²) in [6, 6.07) is 26.7. The fourth-order valence-corrected chi connectivity index (χ4v) is 6.13. The highest BCUT2D eigenvalue weighted by Crippen LogP contribution is 2.31. The molecule has 1 atom stereocenters. The van der Waals surface area contributed by atoms with Gasteiger partial charge in [-0.2, -0.15) is 0 Å². The first-order valence-electron chi connectivity index (χ1n) is 11.3. The molecule has 1 fully saturated rings. The summed E-state index contributed by atoms with van der Waals surface area (Å²) in [5, 5.41) is 0. The first kappa shape index (κ1) is 23.1. The van der Waals surface area contributed by atoms with Crippen LogP contribution in [0.25, 0.3) is 0 Å². The largest absolute Gasteiger partial charge is 0.494 e. The van der Waals surface area contributed by atoms with Crippen molar-refractivity contribution in [2.24, 2.45) is 0 Å². The molecule has 4 rings (SSSR count). The molecule has 0 N–H and O–H groups in total. The highest BCUT2D eigenvalue weighted by Gasteiger charge is 2.38. The minimum atomic E-state index is -3.15. The standard InChI is InChI=1S/C27H29NO4S/c1-2-32-25-15-13-21(14-16-25)19-28(24-17-18-33(30,31)20-24)27(29)26(22-9-5-3-6-10-22)23-11-7-4-8-12-23/h3-16,24,26H,2,17-20H2,1H3. The molecule has 1 aliphatic heterocycles. The van der Waals surface area contributed by atoms with E-state index < -0.39 is 15.8 Å². The maximum absolute atomic E-state index is 14.1. The normalized spacial score (nSPS) is 17.1. The number of carbonyl (C=O) groups excluding carboxylic acids is 1. The SMILES string of the molecule is CCOc1ccc(CN(C(=O)C(c2ccccc2)c2ccccc2)C2CCS(=O)(=O)C2)cc1. The van der Waals surface area contributed by atoms with E-state index >= 15 is 0 Å². The van der Waals surface area contributed by atoms with Gasteiger partial charge in [-0.05, 0) is 42.2 Å². The predicted octanol–water partition coefficient (Wildman–Crippen LogP) is 4.43. The van der Waals surface area contributed by atoms with E-state index in [-0.39, 0.29) is 23.5 Å². The molecule has 3 aromatic rings. The van der Waals surface area contributed by atoms with Crippen LogP contribution in [0.3, 0.4) is 0 Å². The summed E-state index contributed by atoms with van der Waals surface area (Å²) >= 11 is 0. The summed E-state index contributed by atoms with van der Waals surface area (Å²) in [6.07, 6.45) is 0.460. The summed E-state index contributed by atoms with van der Waals surface area (Å²) < 4.78 is 30.1. The third-order valence-electron chi connectivity index (χ3n) is 6.03. The number of amides is 1. The number of hydrogen-bond acceptors (Lipinski definition) is 4. The molecule has 1 amide bonds. The molecule has 1 aliphatic rings. The number of nitrogens with zero attached hydrogens (tertiary/aromatic N) is 1. The van der Waals surface area contributed by atoms with E-state index in [9.17, 15) is 13.2 Å². The van der Waals surface area contributed by atoms with E-state index in [1.165, 1.54) is 0 Å². The van der Waals surface area contributed by atoms with Gasteiger partial charge in [0.05, 0.1) is 24.0 Å². The lowest BCUT2D eigenvalue weighted by molar-refractivity contribution is -0.134. The quantitative estimate of drug-likeness (QED) is 0.496. The van der Waals surface area contributed by atoms with Gasteiger partial charge in [-0.3, -0.25) is 4.79 Å². The predicted molar refractivity (Wildman–Crippen MR) is 130 cm³/mol. The molecule has 0 aliphatic carbocycles. The molecule has 1 unspecified atom stereocenters. The van der Waals surface area contributed by atoms with Crippen molar-refractivity contribution in [1.29, 1.82) is 0 Å². The van der Waals surface area contributed by atoms with E-state index in [1.54, 1.807) is 4.90 Å². The smallest absolute Gasteiger partial charge is 0.235 e. The van der Waals surface area contributed by atoms with Crippen molar-refractivity contribution in [2.45, 2.75) is 31.8 Å². The molecule has 0 bridgehead atoms. The van der Waals surface area contributed by atoms with Crippen LogP contribution < -0.4 is 4.74 Å². The molecule has 172 valence electrons. The van der Waals surface area contributed by atoms with Gasteiger partial charge in [0.15, 0.2) is 9.84 Å². The van der Waals surface area contributed by atoms with Crippen molar-refractivity contribution >= 4 is 15.7 Å². The van der Waals surface area contributed by atoms with Crippen molar-refractivity contribution in [3.63, 3.8) is 0 Å². The van der Waals surface area contributed by atoms with Crippen LogP contribution >= 0.6 is 0 Å². The fourth-order valence-electron chi connectivity index (χ4n) is 4.40. The van der Waals surface area contributed by atoms with Gasteiger partial charge in [-0.25, -0.2) is 8.42 Å². The molecule has 0 radical (unpaired) electrons. The van der Waals surface area contributed by atoms with Crippen LogP contribution in [-0.4, -0.2) is 43.4 Å².